The van der Waals surface area contributed by atoms with Gasteiger partial charge in [-0.15, -0.1) is 0 Å². The molecule has 0 bridgehead atoms. The number of benzene rings is 1. The van der Waals surface area contributed by atoms with Gasteiger partial charge in [-0.3, -0.25) is 0 Å². The summed E-state index contributed by atoms with van der Waals surface area (Å²) in [6.07, 6.45) is 0.841. The first-order valence-corrected chi connectivity index (χ1v) is 6.93. The maximum Gasteiger partial charge on any atom is 0.181 e. The molecule has 0 saturated carbocycles. The SMILES string of the molecule is O=S(=O)(CC1CCNC1)c1ccccc1F. The highest BCUT2D eigenvalue weighted by Crippen LogP contribution is 2.20. The lowest BCUT2D eigenvalue weighted by molar-refractivity contribution is 0.551. The van der Waals surface area contributed by atoms with Crippen molar-refractivity contribution in [2.45, 2.75) is 11.3 Å². The van der Waals surface area contributed by atoms with Gasteiger partial charge in [0.2, 0.25) is 0 Å². The molecule has 1 saturated heterocycles. The number of halogens is 1. The monoisotopic (exact) mass is 243 g/mol. The molecule has 1 fully saturated rings. The molecule has 2 rings (SSSR count). The Hall–Kier alpha value is -0.940. The first kappa shape index (κ1) is 11.5. The Morgan fingerprint density at radius 2 is 2.12 bits per heavy atom. The summed E-state index contributed by atoms with van der Waals surface area (Å²) in [5.74, 6) is -0.529. The van der Waals surface area contributed by atoms with E-state index in [1.165, 1.54) is 18.2 Å². The fraction of sp³-hybridized carbons (Fsp3) is 0.455. The molecule has 1 aromatic carbocycles. The highest BCUT2D eigenvalue weighted by molar-refractivity contribution is 7.91. The molecule has 1 aromatic rings. The summed E-state index contributed by atoms with van der Waals surface area (Å²) in [5, 5.41) is 3.10. The lowest BCUT2D eigenvalue weighted by Crippen LogP contribution is -2.19. The maximum atomic E-state index is 13.4. The highest BCUT2D eigenvalue weighted by Gasteiger charge is 2.25. The van der Waals surface area contributed by atoms with Crippen molar-refractivity contribution in [1.29, 1.82) is 0 Å². The van der Waals surface area contributed by atoms with Crippen LogP contribution < -0.4 is 5.32 Å². The summed E-state index contributed by atoms with van der Waals surface area (Å²) < 4.78 is 37.2. The van der Waals surface area contributed by atoms with Gasteiger partial charge in [0.05, 0.1) is 5.75 Å². The van der Waals surface area contributed by atoms with E-state index in [0.717, 1.165) is 13.0 Å². The maximum absolute atomic E-state index is 13.4. The smallest absolute Gasteiger partial charge is 0.181 e. The zero-order valence-corrected chi connectivity index (χ0v) is 9.63. The van der Waals surface area contributed by atoms with Crippen molar-refractivity contribution in [3.8, 4) is 0 Å². The Morgan fingerprint density at radius 3 is 2.75 bits per heavy atom. The average molecular weight is 243 g/mol. The van der Waals surface area contributed by atoms with Crippen molar-refractivity contribution < 1.29 is 12.8 Å². The normalized spacial score (nSPS) is 21.2. The predicted octanol–water partition coefficient (Wildman–Crippen LogP) is 1.21. The van der Waals surface area contributed by atoms with E-state index in [0.29, 0.717) is 6.54 Å². The van der Waals surface area contributed by atoms with Crippen molar-refractivity contribution >= 4 is 9.84 Å². The third kappa shape index (κ3) is 2.41. The molecule has 1 aliphatic rings. The van der Waals surface area contributed by atoms with Gasteiger partial charge in [-0.2, -0.15) is 0 Å². The fourth-order valence-electron chi connectivity index (χ4n) is 1.95. The van der Waals surface area contributed by atoms with Gasteiger partial charge in [-0.25, -0.2) is 12.8 Å². The third-order valence-electron chi connectivity index (χ3n) is 2.79. The summed E-state index contributed by atoms with van der Waals surface area (Å²) in [5.41, 5.74) is 0. The number of hydrogen-bond donors (Lipinski definition) is 1. The van der Waals surface area contributed by atoms with Gasteiger partial charge in [-0.05, 0) is 37.6 Å². The molecule has 0 spiro atoms. The van der Waals surface area contributed by atoms with Gasteiger partial charge in [-0.1, -0.05) is 12.1 Å². The highest BCUT2D eigenvalue weighted by atomic mass is 32.2. The molecule has 5 heteroatoms. The first-order valence-electron chi connectivity index (χ1n) is 5.27. The van der Waals surface area contributed by atoms with Gasteiger partial charge in [0.1, 0.15) is 10.7 Å². The largest absolute Gasteiger partial charge is 0.316 e. The van der Waals surface area contributed by atoms with Crippen LogP contribution in [0.15, 0.2) is 29.2 Å². The van der Waals surface area contributed by atoms with Crippen LogP contribution in [0, 0.1) is 11.7 Å². The molecule has 0 radical (unpaired) electrons. The molecule has 1 N–H and O–H groups in total. The van der Waals surface area contributed by atoms with Crippen LogP contribution in [0.2, 0.25) is 0 Å². The Bertz CT molecular complexity index is 467. The van der Waals surface area contributed by atoms with Crippen LogP contribution in [0.1, 0.15) is 6.42 Å². The molecular formula is C11H14FNO2S. The van der Waals surface area contributed by atoms with E-state index in [1.807, 2.05) is 0 Å². The summed E-state index contributed by atoms with van der Waals surface area (Å²) in [4.78, 5) is -0.179. The van der Waals surface area contributed by atoms with E-state index in [4.69, 9.17) is 0 Å². The molecular weight excluding hydrogens is 229 g/mol. The molecule has 0 aromatic heterocycles. The minimum Gasteiger partial charge on any atom is -0.316 e. The van der Waals surface area contributed by atoms with E-state index in [1.54, 1.807) is 6.07 Å². The third-order valence-corrected chi connectivity index (χ3v) is 4.70. The lowest BCUT2D eigenvalue weighted by atomic mass is 10.2. The van der Waals surface area contributed by atoms with Crippen molar-refractivity contribution in [2.24, 2.45) is 5.92 Å². The van der Waals surface area contributed by atoms with Crippen LogP contribution in [-0.4, -0.2) is 27.3 Å². The average Bonchev–Trinajstić information content (AvgIpc) is 2.70. The Kier molecular flexibility index (Phi) is 3.25. The Morgan fingerprint density at radius 1 is 1.38 bits per heavy atom. The van der Waals surface area contributed by atoms with Crippen LogP contribution in [0.4, 0.5) is 4.39 Å². The molecule has 1 unspecified atom stereocenters. The van der Waals surface area contributed by atoms with Crippen LogP contribution in [-0.2, 0) is 9.84 Å². The number of rotatable bonds is 3. The number of hydrogen-bond acceptors (Lipinski definition) is 3. The summed E-state index contributed by atoms with van der Waals surface area (Å²) in [6.45, 7) is 1.55. The quantitative estimate of drug-likeness (QED) is 0.868. The molecule has 3 nitrogen and oxygen atoms in total. The van der Waals surface area contributed by atoms with Crippen molar-refractivity contribution in [3.63, 3.8) is 0 Å². The summed E-state index contributed by atoms with van der Waals surface area (Å²) in [7, 11) is -3.49. The van der Waals surface area contributed by atoms with Gasteiger partial charge in [0, 0.05) is 0 Å². The van der Waals surface area contributed by atoms with Crippen LogP contribution in [0.5, 0.6) is 0 Å². The second-order valence-electron chi connectivity index (χ2n) is 4.07. The summed E-state index contributed by atoms with van der Waals surface area (Å²) in [6, 6.07) is 5.54. The molecule has 0 amide bonds. The van der Waals surface area contributed by atoms with Crippen LogP contribution >= 0.6 is 0 Å². The zero-order chi connectivity index (χ0) is 11.6. The van der Waals surface area contributed by atoms with Crippen LogP contribution in [0.3, 0.4) is 0 Å². The van der Waals surface area contributed by atoms with E-state index in [9.17, 15) is 12.8 Å². The van der Waals surface area contributed by atoms with Gasteiger partial charge >= 0.3 is 0 Å². The van der Waals surface area contributed by atoms with Crippen molar-refractivity contribution in [2.75, 3.05) is 18.8 Å². The predicted molar refractivity (Wildman–Crippen MR) is 59.4 cm³/mol. The second kappa shape index (κ2) is 4.51. The van der Waals surface area contributed by atoms with E-state index in [2.05, 4.69) is 5.32 Å². The Labute approximate surface area is 94.6 Å². The van der Waals surface area contributed by atoms with Gasteiger partial charge in [0.25, 0.3) is 0 Å². The first-order chi connectivity index (χ1) is 7.59. The topological polar surface area (TPSA) is 46.2 Å². The molecule has 1 aliphatic heterocycles. The minimum atomic E-state index is -3.49. The molecule has 1 atom stereocenters. The standard InChI is InChI=1S/C11H14FNO2S/c12-10-3-1-2-4-11(10)16(14,15)8-9-5-6-13-7-9/h1-4,9,13H,5-8H2. The zero-order valence-electron chi connectivity index (χ0n) is 8.82. The molecule has 16 heavy (non-hydrogen) atoms. The number of sulfone groups is 1. The van der Waals surface area contributed by atoms with Crippen molar-refractivity contribution in [1.82, 2.24) is 5.32 Å². The van der Waals surface area contributed by atoms with Gasteiger partial charge < -0.3 is 5.32 Å². The minimum absolute atomic E-state index is 0.0287. The van der Waals surface area contributed by atoms with E-state index in [-0.39, 0.29) is 16.6 Å². The molecule has 0 aliphatic carbocycles. The fourth-order valence-corrected chi connectivity index (χ4v) is 3.69. The molecule has 1 heterocycles. The van der Waals surface area contributed by atoms with E-state index < -0.39 is 15.7 Å². The van der Waals surface area contributed by atoms with Crippen LogP contribution in [0.25, 0.3) is 0 Å². The van der Waals surface area contributed by atoms with E-state index >= 15 is 0 Å². The second-order valence-corrected chi connectivity index (χ2v) is 6.07. The summed E-state index contributed by atoms with van der Waals surface area (Å²) >= 11 is 0. The number of nitrogens with one attached hydrogen (secondary N) is 1. The Balaban J connectivity index is 2.21. The van der Waals surface area contributed by atoms with Gasteiger partial charge in [0.15, 0.2) is 9.84 Å². The van der Waals surface area contributed by atoms with Crippen molar-refractivity contribution in [3.05, 3.63) is 30.1 Å². The lowest BCUT2D eigenvalue weighted by Gasteiger charge is -2.09. The molecule has 88 valence electrons.